The van der Waals surface area contributed by atoms with Crippen LogP contribution >= 0.6 is 0 Å². The standard InChI is InChI=1S/C19H23NO3/c1-19(2,18(21)23-4)17(20-15-8-6-5-7-9-15)14-10-12-16(22-3)13-11-14/h5-13,17,20H,1-4H3. The predicted octanol–water partition coefficient (Wildman–Crippen LogP) is 4.05. The zero-order chi connectivity index (χ0) is 16.9. The Hall–Kier alpha value is -2.49. The second-order valence-corrected chi connectivity index (χ2v) is 5.93. The van der Waals surface area contributed by atoms with Crippen LogP contribution in [0.15, 0.2) is 54.6 Å². The number of carbonyl (C=O) groups excluding carboxylic acids is 1. The Balaban J connectivity index is 2.39. The number of nitrogens with one attached hydrogen (secondary N) is 1. The molecule has 1 unspecified atom stereocenters. The van der Waals surface area contributed by atoms with E-state index in [0.717, 1.165) is 17.0 Å². The highest BCUT2D eigenvalue weighted by Gasteiger charge is 2.39. The van der Waals surface area contributed by atoms with Gasteiger partial charge in [0.25, 0.3) is 0 Å². The summed E-state index contributed by atoms with van der Waals surface area (Å²) in [7, 11) is 3.05. The molecule has 0 saturated heterocycles. The predicted molar refractivity (Wildman–Crippen MR) is 91.6 cm³/mol. The van der Waals surface area contributed by atoms with E-state index in [9.17, 15) is 4.79 Å². The number of carbonyl (C=O) groups is 1. The Morgan fingerprint density at radius 2 is 1.61 bits per heavy atom. The minimum atomic E-state index is -0.737. The molecule has 0 heterocycles. The van der Waals surface area contributed by atoms with E-state index in [-0.39, 0.29) is 12.0 Å². The molecule has 23 heavy (non-hydrogen) atoms. The molecule has 0 saturated carbocycles. The second-order valence-electron chi connectivity index (χ2n) is 5.93. The van der Waals surface area contributed by atoms with Crippen molar-refractivity contribution < 1.29 is 14.3 Å². The molecule has 1 N–H and O–H groups in total. The molecule has 0 aliphatic heterocycles. The fourth-order valence-electron chi connectivity index (χ4n) is 2.56. The number of methoxy groups -OCH3 is 2. The lowest BCUT2D eigenvalue weighted by atomic mass is 9.80. The number of benzene rings is 2. The first-order chi connectivity index (χ1) is 11.0. The maximum Gasteiger partial charge on any atom is 0.313 e. The van der Waals surface area contributed by atoms with Crippen molar-refractivity contribution in [3.8, 4) is 5.75 Å². The zero-order valence-electron chi connectivity index (χ0n) is 14.0. The Kier molecular flexibility index (Phi) is 5.27. The molecule has 122 valence electrons. The van der Waals surface area contributed by atoms with E-state index in [0.29, 0.717) is 0 Å². The molecule has 2 aromatic rings. The molecule has 0 aliphatic carbocycles. The third-order valence-electron chi connectivity index (χ3n) is 3.97. The average molecular weight is 313 g/mol. The summed E-state index contributed by atoms with van der Waals surface area (Å²) >= 11 is 0. The van der Waals surface area contributed by atoms with E-state index in [1.54, 1.807) is 7.11 Å². The first-order valence-electron chi connectivity index (χ1n) is 7.53. The number of para-hydroxylation sites is 1. The van der Waals surface area contributed by atoms with Gasteiger partial charge >= 0.3 is 5.97 Å². The van der Waals surface area contributed by atoms with Crippen molar-refractivity contribution in [2.24, 2.45) is 5.41 Å². The van der Waals surface area contributed by atoms with Crippen molar-refractivity contribution in [2.75, 3.05) is 19.5 Å². The zero-order valence-corrected chi connectivity index (χ0v) is 14.0. The van der Waals surface area contributed by atoms with Gasteiger partial charge in [-0.2, -0.15) is 0 Å². The van der Waals surface area contributed by atoms with E-state index in [1.807, 2.05) is 68.4 Å². The highest BCUT2D eigenvalue weighted by atomic mass is 16.5. The molecule has 0 bridgehead atoms. The van der Waals surface area contributed by atoms with Gasteiger partial charge in [-0.25, -0.2) is 0 Å². The molecule has 0 amide bonds. The molecule has 0 radical (unpaired) electrons. The maximum absolute atomic E-state index is 12.3. The highest BCUT2D eigenvalue weighted by Crippen LogP contribution is 2.37. The van der Waals surface area contributed by atoms with Crippen LogP contribution in [0.4, 0.5) is 5.69 Å². The summed E-state index contributed by atoms with van der Waals surface area (Å²) < 4.78 is 10.2. The van der Waals surface area contributed by atoms with Crippen molar-refractivity contribution in [3.63, 3.8) is 0 Å². The Morgan fingerprint density at radius 1 is 1.00 bits per heavy atom. The van der Waals surface area contributed by atoms with Gasteiger partial charge < -0.3 is 14.8 Å². The molecule has 4 heteroatoms. The van der Waals surface area contributed by atoms with Gasteiger partial charge in [-0.05, 0) is 43.7 Å². The van der Waals surface area contributed by atoms with Gasteiger partial charge in [0.2, 0.25) is 0 Å². The van der Waals surface area contributed by atoms with E-state index in [4.69, 9.17) is 9.47 Å². The monoisotopic (exact) mass is 313 g/mol. The van der Waals surface area contributed by atoms with Crippen molar-refractivity contribution in [3.05, 3.63) is 60.2 Å². The molecule has 2 aromatic carbocycles. The lowest BCUT2D eigenvalue weighted by Crippen LogP contribution is -2.36. The largest absolute Gasteiger partial charge is 0.497 e. The first-order valence-corrected chi connectivity index (χ1v) is 7.53. The molecule has 1 atom stereocenters. The van der Waals surface area contributed by atoms with E-state index >= 15 is 0 Å². The van der Waals surface area contributed by atoms with Crippen molar-refractivity contribution in [2.45, 2.75) is 19.9 Å². The minimum Gasteiger partial charge on any atom is -0.497 e. The van der Waals surface area contributed by atoms with Crippen molar-refractivity contribution >= 4 is 11.7 Å². The Morgan fingerprint density at radius 3 is 2.13 bits per heavy atom. The van der Waals surface area contributed by atoms with Crippen LogP contribution in [0.25, 0.3) is 0 Å². The van der Waals surface area contributed by atoms with Crippen LogP contribution < -0.4 is 10.1 Å². The van der Waals surface area contributed by atoms with Crippen LogP contribution in [0.1, 0.15) is 25.5 Å². The molecule has 0 aromatic heterocycles. The van der Waals surface area contributed by atoms with Crippen LogP contribution in [0.3, 0.4) is 0 Å². The van der Waals surface area contributed by atoms with Crippen LogP contribution in [-0.4, -0.2) is 20.2 Å². The van der Waals surface area contributed by atoms with E-state index in [2.05, 4.69) is 5.32 Å². The summed E-state index contributed by atoms with van der Waals surface area (Å²) in [6.07, 6.45) is 0. The van der Waals surface area contributed by atoms with Gasteiger partial charge in [0.05, 0.1) is 25.7 Å². The summed E-state index contributed by atoms with van der Waals surface area (Å²) in [6, 6.07) is 17.3. The maximum atomic E-state index is 12.3. The number of ether oxygens (including phenoxy) is 2. The Labute approximate surface area is 137 Å². The van der Waals surface area contributed by atoms with Gasteiger partial charge in [-0.1, -0.05) is 30.3 Å². The first kappa shape index (κ1) is 16.9. The molecule has 0 spiro atoms. The Bertz CT molecular complexity index is 635. The molecule has 2 rings (SSSR count). The summed E-state index contributed by atoms with van der Waals surface area (Å²) in [5.41, 5.74) is 1.20. The van der Waals surface area contributed by atoms with Gasteiger partial charge in [0, 0.05) is 5.69 Å². The molecule has 0 aliphatic rings. The summed E-state index contributed by atoms with van der Waals surface area (Å²) in [5.74, 6) is 0.518. The van der Waals surface area contributed by atoms with Crippen LogP contribution in [-0.2, 0) is 9.53 Å². The fraction of sp³-hybridized carbons (Fsp3) is 0.316. The van der Waals surface area contributed by atoms with Crippen molar-refractivity contribution in [1.82, 2.24) is 0 Å². The van der Waals surface area contributed by atoms with Crippen molar-refractivity contribution in [1.29, 1.82) is 0 Å². The topological polar surface area (TPSA) is 47.6 Å². The van der Waals surface area contributed by atoms with Crippen LogP contribution in [0, 0.1) is 5.41 Å². The lowest BCUT2D eigenvalue weighted by molar-refractivity contribution is -0.151. The van der Waals surface area contributed by atoms with Gasteiger partial charge in [0.1, 0.15) is 5.75 Å². The summed E-state index contributed by atoms with van der Waals surface area (Å²) in [4.78, 5) is 12.3. The average Bonchev–Trinajstić information content (AvgIpc) is 2.59. The molecule has 4 nitrogen and oxygen atoms in total. The van der Waals surface area contributed by atoms with Crippen LogP contribution in [0.5, 0.6) is 5.75 Å². The smallest absolute Gasteiger partial charge is 0.313 e. The third kappa shape index (κ3) is 3.83. The molecular formula is C19H23NO3. The number of anilines is 1. The number of hydrogen-bond acceptors (Lipinski definition) is 4. The minimum absolute atomic E-state index is 0.233. The molecular weight excluding hydrogens is 290 g/mol. The lowest BCUT2D eigenvalue weighted by Gasteiger charge is -2.33. The number of hydrogen-bond donors (Lipinski definition) is 1. The fourth-order valence-corrected chi connectivity index (χ4v) is 2.56. The van der Waals surface area contributed by atoms with Gasteiger partial charge in [-0.15, -0.1) is 0 Å². The van der Waals surface area contributed by atoms with E-state index < -0.39 is 5.41 Å². The summed E-state index contributed by atoms with van der Waals surface area (Å²) in [5, 5.41) is 3.45. The van der Waals surface area contributed by atoms with Gasteiger partial charge in [0.15, 0.2) is 0 Å². The third-order valence-corrected chi connectivity index (χ3v) is 3.97. The number of rotatable bonds is 6. The quantitative estimate of drug-likeness (QED) is 0.817. The highest BCUT2D eigenvalue weighted by molar-refractivity contribution is 5.78. The van der Waals surface area contributed by atoms with Gasteiger partial charge in [-0.3, -0.25) is 4.79 Å². The summed E-state index contributed by atoms with van der Waals surface area (Å²) in [6.45, 7) is 3.76. The normalized spacial score (nSPS) is 12.3. The molecule has 0 fully saturated rings. The second kappa shape index (κ2) is 7.18. The number of esters is 1. The van der Waals surface area contributed by atoms with E-state index in [1.165, 1.54) is 7.11 Å². The SMILES string of the molecule is COC(=O)C(C)(C)C(Nc1ccccc1)c1ccc(OC)cc1. The van der Waals surface area contributed by atoms with Crippen LogP contribution in [0.2, 0.25) is 0 Å².